The summed E-state index contributed by atoms with van der Waals surface area (Å²) in [6, 6.07) is 5.81. The topological polar surface area (TPSA) is 32.7 Å². The zero-order chi connectivity index (χ0) is 13.8. The number of rotatable bonds is 4. The van der Waals surface area contributed by atoms with Crippen LogP contribution in [0.5, 0.6) is 0 Å². The first kappa shape index (κ1) is 14.6. The van der Waals surface area contributed by atoms with Gasteiger partial charge in [-0.05, 0) is 44.4 Å². The molecule has 4 heteroatoms. The molecule has 1 heterocycles. The van der Waals surface area contributed by atoms with Gasteiger partial charge in [0.1, 0.15) is 0 Å². The van der Waals surface area contributed by atoms with Crippen LogP contribution in [0, 0.1) is 0 Å². The second-order valence-corrected chi connectivity index (χ2v) is 5.44. The van der Waals surface area contributed by atoms with Crippen molar-refractivity contribution in [3.8, 4) is 0 Å². The van der Waals surface area contributed by atoms with Crippen molar-refractivity contribution in [1.82, 2.24) is 0 Å². The molecule has 0 radical (unpaired) electrons. The number of aliphatic hydroxyl groups excluding tert-OH is 1. The van der Waals surface area contributed by atoms with E-state index in [1.54, 1.807) is 6.92 Å². The van der Waals surface area contributed by atoms with E-state index in [1.165, 1.54) is 0 Å². The zero-order valence-electron chi connectivity index (χ0n) is 11.6. The second-order valence-electron chi connectivity index (χ2n) is 5.03. The third-order valence-electron chi connectivity index (χ3n) is 3.64. The first-order valence-electron chi connectivity index (χ1n) is 6.96. The first-order chi connectivity index (χ1) is 9.11. The Morgan fingerprint density at radius 2 is 2.11 bits per heavy atom. The summed E-state index contributed by atoms with van der Waals surface area (Å²) in [4.78, 5) is 2.30. The van der Waals surface area contributed by atoms with Crippen LogP contribution in [0.25, 0.3) is 0 Å². The van der Waals surface area contributed by atoms with Crippen LogP contribution in [0.15, 0.2) is 18.2 Å². The molecule has 106 valence electrons. The van der Waals surface area contributed by atoms with E-state index >= 15 is 0 Å². The Morgan fingerprint density at radius 3 is 2.63 bits per heavy atom. The highest BCUT2D eigenvalue weighted by Crippen LogP contribution is 2.31. The number of hydrogen-bond donors (Lipinski definition) is 1. The van der Waals surface area contributed by atoms with E-state index in [-0.39, 0.29) is 0 Å². The molecule has 3 nitrogen and oxygen atoms in total. The van der Waals surface area contributed by atoms with E-state index in [9.17, 15) is 5.11 Å². The minimum atomic E-state index is -0.477. The summed E-state index contributed by atoms with van der Waals surface area (Å²) < 4.78 is 5.66. The number of benzene rings is 1. The number of piperidine rings is 1. The number of nitrogens with zero attached hydrogens (tertiary/aromatic N) is 1. The Morgan fingerprint density at radius 1 is 1.42 bits per heavy atom. The molecule has 0 amide bonds. The molecular weight excluding hydrogens is 262 g/mol. The molecule has 1 atom stereocenters. The lowest BCUT2D eigenvalue weighted by molar-refractivity contribution is 0.0459. The van der Waals surface area contributed by atoms with Crippen LogP contribution in [0.4, 0.5) is 5.69 Å². The maximum Gasteiger partial charge on any atom is 0.0762 e. The van der Waals surface area contributed by atoms with Crippen LogP contribution < -0.4 is 4.90 Å². The predicted molar refractivity (Wildman–Crippen MR) is 78.9 cm³/mol. The molecule has 1 N–H and O–H groups in total. The fraction of sp³-hybridized carbons (Fsp3) is 0.600. The highest BCUT2D eigenvalue weighted by molar-refractivity contribution is 6.33. The first-order valence-corrected chi connectivity index (χ1v) is 7.33. The lowest BCUT2D eigenvalue weighted by Crippen LogP contribution is -2.37. The largest absolute Gasteiger partial charge is 0.389 e. The smallest absolute Gasteiger partial charge is 0.0762 e. The van der Waals surface area contributed by atoms with Gasteiger partial charge in [-0.25, -0.2) is 0 Å². The highest BCUT2D eigenvalue weighted by Gasteiger charge is 2.21. The van der Waals surface area contributed by atoms with Crippen molar-refractivity contribution in [2.24, 2.45) is 0 Å². The monoisotopic (exact) mass is 283 g/mol. The number of ether oxygens (including phenoxy) is 1. The fourth-order valence-corrected chi connectivity index (χ4v) is 2.85. The average molecular weight is 284 g/mol. The molecule has 1 aliphatic heterocycles. The summed E-state index contributed by atoms with van der Waals surface area (Å²) in [6.07, 6.45) is 2.00. The normalized spacial score (nSPS) is 18.6. The number of halogens is 1. The molecule has 0 bridgehead atoms. The van der Waals surface area contributed by atoms with E-state index < -0.39 is 6.10 Å². The van der Waals surface area contributed by atoms with Crippen LogP contribution in [-0.2, 0) is 4.74 Å². The quantitative estimate of drug-likeness (QED) is 0.919. The van der Waals surface area contributed by atoms with Gasteiger partial charge in [-0.3, -0.25) is 0 Å². The van der Waals surface area contributed by atoms with Gasteiger partial charge in [0.15, 0.2) is 0 Å². The van der Waals surface area contributed by atoms with Crippen molar-refractivity contribution < 1.29 is 9.84 Å². The van der Waals surface area contributed by atoms with Gasteiger partial charge in [0.25, 0.3) is 0 Å². The molecule has 0 aliphatic carbocycles. The fourth-order valence-electron chi connectivity index (χ4n) is 2.54. The van der Waals surface area contributed by atoms with Gasteiger partial charge in [0.2, 0.25) is 0 Å². The molecule has 2 rings (SSSR count). The standard InChI is InChI=1S/C15H22ClNO2/c1-3-19-13-6-8-17(9-7-13)15-5-4-12(11(2)18)10-14(15)16/h4-5,10-11,13,18H,3,6-9H2,1-2H3. The molecule has 1 aromatic rings. The lowest BCUT2D eigenvalue weighted by atomic mass is 10.1. The van der Waals surface area contributed by atoms with Gasteiger partial charge in [0.05, 0.1) is 22.9 Å². The maximum atomic E-state index is 9.55. The Balaban J connectivity index is 2.03. The van der Waals surface area contributed by atoms with Gasteiger partial charge >= 0.3 is 0 Å². The Hall–Kier alpha value is -0.770. The van der Waals surface area contributed by atoms with Crippen molar-refractivity contribution in [1.29, 1.82) is 0 Å². The van der Waals surface area contributed by atoms with Gasteiger partial charge < -0.3 is 14.7 Å². The Labute approximate surface area is 120 Å². The van der Waals surface area contributed by atoms with E-state index in [4.69, 9.17) is 16.3 Å². The van der Waals surface area contributed by atoms with Crippen LogP contribution in [-0.4, -0.2) is 30.9 Å². The molecule has 0 spiro atoms. The maximum absolute atomic E-state index is 9.55. The van der Waals surface area contributed by atoms with Gasteiger partial charge in [-0.15, -0.1) is 0 Å². The molecule has 19 heavy (non-hydrogen) atoms. The Bertz CT molecular complexity index is 415. The van der Waals surface area contributed by atoms with Crippen molar-refractivity contribution in [3.63, 3.8) is 0 Å². The molecular formula is C15H22ClNO2. The van der Waals surface area contributed by atoms with Crippen LogP contribution in [0.2, 0.25) is 5.02 Å². The lowest BCUT2D eigenvalue weighted by Gasteiger charge is -2.34. The highest BCUT2D eigenvalue weighted by atomic mass is 35.5. The molecule has 1 aliphatic rings. The average Bonchev–Trinajstić information content (AvgIpc) is 2.40. The Kier molecular flexibility index (Phi) is 5.08. The molecule has 0 aromatic heterocycles. The molecule has 1 aromatic carbocycles. The minimum absolute atomic E-state index is 0.386. The summed E-state index contributed by atoms with van der Waals surface area (Å²) in [5, 5.41) is 10.3. The third kappa shape index (κ3) is 3.62. The minimum Gasteiger partial charge on any atom is -0.389 e. The van der Waals surface area contributed by atoms with E-state index in [0.29, 0.717) is 11.1 Å². The zero-order valence-corrected chi connectivity index (χ0v) is 12.4. The van der Waals surface area contributed by atoms with Crippen molar-refractivity contribution in [3.05, 3.63) is 28.8 Å². The summed E-state index contributed by atoms with van der Waals surface area (Å²) in [5.74, 6) is 0. The van der Waals surface area contributed by atoms with E-state index in [0.717, 1.165) is 43.8 Å². The van der Waals surface area contributed by atoms with Crippen molar-refractivity contribution in [2.45, 2.75) is 38.9 Å². The van der Waals surface area contributed by atoms with Gasteiger partial charge in [-0.2, -0.15) is 0 Å². The van der Waals surface area contributed by atoms with E-state index in [1.807, 2.05) is 25.1 Å². The van der Waals surface area contributed by atoms with Gasteiger partial charge in [0, 0.05) is 19.7 Å². The predicted octanol–water partition coefficient (Wildman–Crippen LogP) is 3.40. The number of hydrogen-bond acceptors (Lipinski definition) is 3. The van der Waals surface area contributed by atoms with Crippen molar-refractivity contribution >= 4 is 17.3 Å². The summed E-state index contributed by atoms with van der Waals surface area (Å²) in [5.41, 5.74) is 1.92. The van der Waals surface area contributed by atoms with Crippen LogP contribution in [0.1, 0.15) is 38.4 Å². The van der Waals surface area contributed by atoms with Crippen molar-refractivity contribution in [2.75, 3.05) is 24.6 Å². The van der Waals surface area contributed by atoms with Crippen LogP contribution in [0.3, 0.4) is 0 Å². The molecule has 1 fully saturated rings. The number of aliphatic hydroxyl groups is 1. The summed E-state index contributed by atoms with van der Waals surface area (Å²) >= 11 is 6.32. The van der Waals surface area contributed by atoms with Crippen LogP contribution >= 0.6 is 11.6 Å². The molecule has 1 saturated heterocycles. The van der Waals surface area contributed by atoms with E-state index in [2.05, 4.69) is 4.90 Å². The second kappa shape index (κ2) is 6.60. The molecule has 1 unspecified atom stereocenters. The summed E-state index contributed by atoms with van der Waals surface area (Å²) in [6.45, 7) is 6.52. The SMILES string of the molecule is CCOC1CCN(c2ccc(C(C)O)cc2Cl)CC1. The third-order valence-corrected chi connectivity index (χ3v) is 3.94. The number of anilines is 1. The molecule has 0 saturated carbocycles. The van der Waals surface area contributed by atoms with Gasteiger partial charge in [-0.1, -0.05) is 17.7 Å². The summed E-state index contributed by atoms with van der Waals surface area (Å²) in [7, 11) is 0.